The minimum atomic E-state index is -1.37. The summed E-state index contributed by atoms with van der Waals surface area (Å²) in [7, 11) is 0. The zero-order chi connectivity index (χ0) is 14.3. The normalized spacial score (nSPS) is 35.9. The standard InChI is InChI=1S/C12H22O7/c13-4-2-1-3-5-18-7-9-11(16)12(17)10(15)8(6-14)19-9/h1-2,8-17H,3-7H2/b2-1+/t8?,9?,10-,11-,12?/m1/s1. The summed E-state index contributed by atoms with van der Waals surface area (Å²) in [5.41, 5.74) is 0. The van der Waals surface area contributed by atoms with Crippen molar-refractivity contribution < 1.29 is 35.0 Å². The van der Waals surface area contributed by atoms with Gasteiger partial charge in [0.25, 0.3) is 0 Å². The van der Waals surface area contributed by atoms with E-state index < -0.39 is 37.1 Å². The molecule has 1 fully saturated rings. The van der Waals surface area contributed by atoms with Crippen LogP contribution in [0.4, 0.5) is 0 Å². The SMILES string of the molecule is OC/C=C/CCOCC1OC(CO)[C@@H](O)C(O)[C@@H]1O. The Balaban J connectivity index is 2.33. The van der Waals surface area contributed by atoms with Crippen molar-refractivity contribution in [3.05, 3.63) is 12.2 Å². The molecule has 1 rings (SSSR count). The van der Waals surface area contributed by atoms with Crippen LogP contribution in [0.25, 0.3) is 0 Å². The maximum absolute atomic E-state index is 9.72. The summed E-state index contributed by atoms with van der Waals surface area (Å²) in [6.45, 7) is -0.0344. The predicted octanol–water partition coefficient (Wildman–Crippen LogP) is -2.22. The molecule has 1 heterocycles. The second-order valence-electron chi connectivity index (χ2n) is 4.38. The fraction of sp³-hybridized carbons (Fsp3) is 0.833. The highest BCUT2D eigenvalue weighted by Crippen LogP contribution is 2.21. The summed E-state index contributed by atoms with van der Waals surface area (Å²) in [5, 5.41) is 46.4. The summed E-state index contributed by atoms with van der Waals surface area (Å²) in [5.74, 6) is 0. The lowest BCUT2D eigenvalue weighted by molar-refractivity contribution is -0.238. The van der Waals surface area contributed by atoms with Gasteiger partial charge in [0.15, 0.2) is 0 Å². The van der Waals surface area contributed by atoms with Crippen molar-refractivity contribution in [3.8, 4) is 0 Å². The first-order chi connectivity index (χ1) is 9.11. The van der Waals surface area contributed by atoms with Crippen LogP contribution in [-0.2, 0) is 9.47 Å². The molecule has 1 saturated heterocycles. The second kappa shape index (κ2) is 8.60. The maximum Gasteiger partial charge on any atom is 0.111 e. The first-order valence-corrected chi connectivity index (χ1v) is 6.26. The monoisotopic (exact) mass is 278 g/mol. The smallest absolute Gasteiger partial charge is 0.111 e. The summed E-state index contributed by atoms with van der Waals surface area (Å²) in [4.78, 5) is 0. The van der Waals surface area contributed by atoms with Gasteiger partial charge in [-0.1, -0.05) is 12.2 Å². The number of aliphatic hydroxyl groups is 5. The third-order valence-corrected chi connectivity index (χ3v) is 2.97. The van der Waals surface area contributed by atoms with E-state index in [0.29, 0.717) is 13.0 Å². The van der Waals surface area contributed by atoms with E-state index in [1.807, 2.05) is 0 Å². The molecule has 19 heavy (non-hydrogen) atoms. The van der Waals surface area contributed by atoms with E-state index in [0.717, 1.165) is 0 Å². The quantitative estimate of drug-likeness (QED) is 0.264. The summed E-state index contributed by atoms with van der Waals surface area (Å²) < 4.78 is 10.5. The van der Waals surface area contributed by atoms with Gasteiger partial charge in [0.2, 0.25) is 0 Å². The Morgan fingerprint density at radius 2 is 1.63 bits per heavy atom. The number of hydrogen-bond acceptors (Lipinski definition) is 7. The molecule has 3 unspecified atom stereocenters. The summed E-state index contributed by atoms with van der Waals surface area (Å²) in [6, 6.07) is 0. The van der Waals surface area contributed by atoms with Gasteiger partial charge in [-0.2, -0.15) is 0 Å². The van der Waals surface area contributed by atoms with Crippen LogP contribution in [0.5, 0.6) is 0 Å². The van der Waals surface area contributed by atoms with Gasteiger partial charge in [-0.05, 0) is 6.42 Å². The highest BCUT2D eigenvalue weighted by Gasteiger charge is 2.43. The molecule has 7 nitrogen and oxygen atoms in total. The van der Waals surface area contributed by atoms with Crippen LogP contribution in [-0.4, -0.2) is 82.5 Å². The van der Waals surface area contributed by atoms with Crippen LogP contribution in [0.2, 0.25) is 0 Å². The van der Waals surface area contributed by atoms with Gasteiger partial charge < -0.3 is 35.0 Å². The van der Waals surface area contributed by atoms with E-state index in [4.69, 9.17) is 19.7 Å². The van der Waals surface area contributed by atoms with Gasteiger partial charge >= 0.3 is 0 Å². The molecular formula is C12H22O7. The lowest BCUT2D eigenvalue weighted by Gasteiger charge is -2.39. The Bertz CT molecular complexity index is 269. The van der Waals surface area contributed by atoms with E-state index in [9.17, 15) is 15.3 Å². The van der Waals surface area contributed by atoms with E-state index in [1.165, 1.54) is 0 Å². The van der Waals surface area contributed by atoms with Gasteiger partial charge in [0, 0.05) is 0 Å². The van der Waals surface area contributed by atoms with Crippen LogP contribution >= 0.6 is 0 Å². The number of rotatable bonds is 7. The van der Waals surface area contributed by atoms with Gasteiger partial charge in [0.1, 0.15) is 30.5 Å². The van der Waals surface area contributed by atoms with Gasteiger partial charge in [-0.3, -0.25) is 0 Å². The van der Waals surface area contributed by atoms with Crippen LogP contribution in [0, 0.1) is 0 Å². The zero-order valence-electron chi connectivity index (χ0n) is 10.6. The highest BCUT2D eigenvalue weighted by atomic mass is 16.6. The molecule has 0 radical (unpaired) electrons. The van der Waals surface area contributed by atoms with E-state index in [-0.39, 0.29) is 13.2 Å². The molecule has 0 aromatic heterocycles. The van der Waals surface area contributed by atoms with Crippen molar-refractivity contribution in [2.24, 2.45) is 0 Å². The van der Waals surface area contributed by atoms with Crippen LogP contribution < -0.4 is 0 Å². The third kappa shape index (κ3) is 4.81. The molecule has 5 N–H and O–H groups in total. The molecule has 0 bridgehead atoms. The fourth-order valence-electron chi connectivity index (χ4n) is 1.86. The van der Waals surface area contributed by atoms with Gasteiger partial charge in [-0.15, -0.1) is 0 Å². The largest absolute Gasteiger partial charge is 0.394 e. The number of aliphatic hydroxyl groups excluding tert-OH is 5. The Labute approximate surface area is 111 Å². The molecule has 1 aliphatic rings. The molecular weight excluding hydrogens is 256 g/mol. The van der Waals surface area contributed by atoms with Crippen molar-refractivity contribution in [2.75, 3.05) is 26.4 Å². The van der Waals surface area contributed by atoms with Crippen molar-refractivity contribution in [3.63, 3.8) is 0 Å². The van der Waals surface area contributed by atoms with Crippen LogP contribution in [0.15, 0.2) is 12.2 Å². The Hall–Kier alpha value is -0.540. The van der Waals surface area contributed by atoms with Gasteiger partial charge in [-0.25, -0.2) is 0 Å². The Morgan fingerprint density at radius 3 is 2.26 bits per heavy atom. The summed E-state index contributed by atoms with van der Waals surface area (Å²) >= 11 is 0. The average molecular weight is 278 g/mol. The lowest BCUT2D eigenvalue weighted by Crippen LogP contribution is -2.59. The van der Waals surface area contributed by atoms with E-state index in [1.54, 1.807) is 12.2 Å². The van der Waals surface area contributed by atoms with E-state index in [2.05, 4.69) is 0 Å². The molecule has 1 aliphatic heterocycles. The number of hydrogen-bond donors (Lipinski definition) is 5. The first kappa shape index (κ1) is 16.5. The molecule has 0 amide bonds. The molecule has 0 spiro atoms. The van der Waals surface area contributed by atoms with E-state index >= 15 is 0 Å². The fourth-order valence-corrected chi connectivity index (χ4v) is 1.86. The highest BCUT2D eigenvalue weighted by molar-refractivity contribution is 4.91. The third-order valence-electron chi connectivity index (χ3n) is 2.97. The molecule has 0 aromatic rings. The lowest BCUT2D eigenvalue weighted by atomic mass is 9.95. The average Bonchev–Trinajstić information content (AvgIpc) is 2.42. The maximum atomic E-state index is 9.72. The second-order valence-corrected chi connectivity index (χ2v) is 4.38. The first-order valence-electron chi connectivity index (χ1n) is 6.26. The molecule has 0 aliphatic carbocycles. The Morgan fingerprint density at radius 1 is 0.947 bits per heavy atom. The van der Waals surface area contributed by atoms with Crippen molar-refractivity contribution in [1.82, 2.24) is 0 Å². The number of ether oxygens (including phenoxy) is 2. The summed E-state index contributed by atoms with van der Waals surface area (Å²) in [6.07, 6.45) is -1.70. The zero-order valence-corrected chi connectivity index (χ0v) is 10.6. The Kier molecular flexibility index (Phi) is 7.47. The minimum Gasteiger partial charge on any atom is -0.394 e. The van der Waals surface area contributed by atoms with Crippen molar-refractivity contribution in [1.29, 1.82) is 0 Å². The molecule has 0 saturated carbocycles. The molecule has 0 aromatic carbocycles. The molecule has 7 heteroatoms. The van der Waals surface area contributed by atoms with Crippen LogP contribution in [0.3, 0.4) is 0 Å². The van der Waals surface area contributed by atoms with Crippen LogP contribution in [0.1, 0.15) is 6.42 Å². The molecule has 5 atom stereocenters. The van der Waals surface area contributed by atoms with Crippen molar-refractivity contribution in [2.45, 2.75) is 36.9 Å². The van der Waals surface area contributed by atoms with Crippen molar-refractivity contribution >= 4 is 0 Å². The molecule has 112 valence electrons. The topological polar surface area (TPSA) is 120 Å². The minimum absolute atomic E-state index is 0.0211. The predicted molar refractivity (Wildman–Crippen MR) is 65.4 cm³/mol. The van der Waals surface area contributed by atoms with Gasteiger partial charge in [0.05, 0.1) is 26.4 Å².